The highest BCUT2D eigenvalue weighted by Gasteiger charge is 2.42. The molecule has 1 fully saturated rings. The van der Waals surface area contributed by atoms with E-state index in [1.807, 2.05) is 0 Å². The van der Waals surface area contributed by atoms with Crippen molar-refractivity contribution in [2.24, 2.45) is 17.4 Å². The van der Waals surface area contributed by atoms with Crippen molar-refractivity contribution in [2.75, 3.05) is 27.3 Å². The van der Waals surface area contributed by atoms with Crippen LogP contribution in [0.2, 0.25) is 0 Å². The first kappa shape index (κ1) is 19.3. The quantitative estimate of drug-likeness (QED) is 0.420. The van der Waals surface area contributed by atoms with Crippen molar-refractivity contribution in [3.63, 3.8) is 0 Å². The van der Waals surface area contributed by atoms with E-state index in [9.17, 15) is 9.90 Å². The van der Waals surface area contributed by atoms with Crippen molar-refractivity contribution in [1.82, 2.24) is 5.32 Å². The average molecular weight is 317 g/mol. The number of aliphatic hydroxyl groups excluding tert-OH is 1. The van der Waals surface area contributed by atoms with Crippen molar-refractivity contribution in [1.29, 1.82) is 0 Å². The van der Waals surface area contributed by atoms with Gasteiger partial charge in [-0.1, -0.05) is 6.42 Å². The van der Waals surface area contributed by atoms with E-state index in [0.717, 1.165) is 19.3 Å². The zero-order chi connectivity index (χ0) is 16.5. The number of hydrogen-bond acceptors (Lipinski definition) is 6. The topological polar surface area (TPSA) is 120 Å². The summed E-state index contributed by atoms with van der Waals surface area (Å²) >= 11 is 0. The molecule has 7 nitrogen and oxygen atoms in total. The van der Waals surface area contributed by atoms with Crippen LogP contribution >= 0.6 is 0 Å². The van der Waals surface area contributed by atoms with Gasteiger partial charge in [0.25, 0.3) is 0 Å². The van der Waals surface area contributed by atoms with Gasteiger partial charge in [0.2, 0.25) is 5.91 Å². The average Bonchev–Trinajstić information content (AvgIpc) is 2.54. The van der Waals surface area contributed by atoms with Gasteiger partial charge in [0.1, 0.15) is 0 Å². The third-order valence-corrected chi connectivity index (χ3v) is 4.40. The van der Waals surface area contributed by atoms with Crippen molar-refractivity contribution in [2.45, 2.75) is 56.5 Å². The molecule has 0 aromatic heterocycles. The van der Waals surface area contributed by atoms with Gasteiger partial charge in [0.15, 0.2) is 0 Å². The molecular formula is C15H31N3O4. The van der Waals surface area contributed by atoms with Gasteiger partial charge in [-0.05, 0) is 25.8 Å². The lowest BCUT2D eigenvalue weighted by atomic mass is 9.79. The molecule has 6 N–H and O–H groups in total. The molecular weight excluding hydrogens is 286 g/mol. The van der Waals surface area contributed by atoms with E-state index in [1.54, 1.807) is 14.2 Å². The van der Waals surface area contributed by atoms with Gasteiger partial charge in [0.05, 0.1) is 24.4 Å². The molecule has 0 aromatic carbocycles. The van der Waals surface area contributed by atoms with Crippen LogP contribution in [0.25, 0.3) is 0 Å². The van der Waals surface area contributed by atoms with Gasteiger partial charge in [-0.15, -0.1) is 0 Å². The highest BCUT2D eigenvalue weighted by atomic mass is 16.5. The molecule has 0 heterocycles. The highest BCUT2D eigenvalue weighted by molar-refractivity contribution is 5.75. The zero-order valence-corrected chi connectivity index (χ0v) is 13.7. The fourth-order valence-corrected chi connectivity index (χ4v) is 2.93. The summed E-state index contributed by atoms with van der Waals surface area (Å²) < 4.78 is 11.1. The second kappa shape index (κ2) is 10.1. The maximum Gasteiger partial charge on any atom is 0.219 e. The summed E-state index contributed by atoms with van der Waals surface area (Å²) in [5.41, 5.74) is 11.8. The summed E-state index contributed by atoms with van der Waals surface area (Å²) in [5, 5.41) is 12.9. The number of nitrogens with one attached hydrogen (secondary N) is 1. The predicted molar refractivity (Wildman–Crippen MR) is 84.2 cm³/mol. The molecule has 0 aromatic rings. The summed E-state index contributed by atoms with van der Waals surface area (Å²) in [6.45, 7) is 0.974. The fourth-order valence-electron chi connectivity index (χ4n) is 2.93. The molecule has 5 unspecified atom stereocenters. The van der Waals surface area contributed by atoms with Crippen LogP contribution in [0.3, 0.4) is 0 Å². The van der Waals surface area contributed by atoms with Gasteiger partial charge < -0.3 is 31.4 Å². The maximum atomic E-state index is 11.1. The van der Waals surface area contributed by atoms with Gasteiger partial charge in [-0.2, -0.15) is 0 Å². The first-order valence-electron chi connectivity index (χ1n) is 8.03. The monoisotopic (exact) mass is 317 g/mol. The standard InChI is InChI=1S/C15H31N3O4/c1-18-12(19)6-4-3-5-7-22-15-10(9-16)8-11(21-2)13(17)14(15)20/h10-11,13-15,20H,3-9,16-17H2,1-2H3,(H,18,19). The van der Waals surface area contributed by atoms with Crippen molar-refractivity contribution in [3.05, 3.63) is 0 Å². The molecule has 1 rings (SSSR count). The number of rotatable bonds is 9. The summed E-state index contributed by atoms with van der Waals surface area (Å²) in [6.07, 6.45) is 2.54. The number of aliphatic hydroxyl groups is 1. The van der Waals surface area contributed by atoms with E-state index in [-0.39, 0.29) is 24.0 Å². The van der Waals surface area contributed by atoms with E-state index in [1.165, 1.54) is 0 Å². The highest BCUT2D eigenvalue weighted by Crippen LogP contribution is 2.28. The number of methoxy groups -OCH3 is 1. The molecule has 1 saturated carbocycles. The molecule has 22 heavy (non-hydrogen) atoms. The number of carbonyl (C=O) groups excluding carboxylic acids is 1. The van der Waals surface area contributed by atoms with Crippen LogP contribution in [0.1, 0.15) is 32.1 Å². The predicted octanol–water partition coefficient (Wildman–Crippen LogP) is -0.640. The van der Waals surface area contributed by atoms with Crippen molar-refractivity contribution >= 4 is 5.91 Å². The molecule has 0 saturated heterocycles. The van der Waals surface area contributed by atoms with Crippen LogP contribution in [0.4, 0.5) is 0 Å². The Morgan fingerprint density at radius 1 is 1.36 bits per heavy atom. The number of carbonyl (C=O) groups is 1. The minimum absolute atomic E-state index is 0.0469. The van der Waals surface area contributed by atoms with Gasteiger partial charge in [0, 0.05) is 33.1 Å². The summed E-state index contributed by atoms with van der Waals surface area (Å²) in [6, 6.07) is -0.453. The van der Waals surface area contributed by atoms with Crippen LogP contribution in [-0.2, 0) is 14.3 Å². The van der Waals surface area contributed by atoms with Crippen LogP contribution < -0.4 is 16.8 Å². The first-order chi connectivity index (χ1) is 10.5. The number of ether oxygens (including phenoxy) is 2. The van der Waals surface area contributed by atoms with E-state index in [2.05, 4.69) is 5.32 Å². The lowest BCUT2D eigenvalue weighted by Crippen LogP contribution is -2.60. The summed E-state index contributed by atoms with van der Waals surface area (Å²) in [5.74, 6) is 0.106. The maximum absolute atomic E-state index is 11.1. The number of hydrogen-bond donors (Lipinski definition) is 4. The Hall–Kier alpha value is -0.730. The Morgan fingerprint density at radius 2 is 2.09 bits per heavy atom. The molecule has 1 amide bonds. The minimum Gasteiger partial charge on any atom is -0.389 e. The van der Waals surface area contributed by atoms with Crippen LogP contribution in [0.15, 0.2) is 0 Å². The number of amides is 1. The van der Waals surface area contributed by atoms with Crippen LogP contribution in [0.5, 0.6) is 0 Å². The third kappa shape index (κ3) is 5.48. The largest absolute Gasteiger partial charge is 0.389 e. The number of nitrogens with two attached hydrogens (primary N) is 2. The molecule has 0 bridgehead atoms. The van der Waals surface area contributed by atoms with Crippen molar-refractivity contribution < 1.29 is 19.4 Å². The molecule has 0 spiro atoms. The molecule has 1 aliphatic carbocycles. The second-order valence-corrected chi connectivity index (χ2v) is 5.89. The molecule has 1 aliphatic rings. The zero-order valence-electron chi connectivity index (χ0n) is 13.7. The van der Waals surface area contributed by atoms with Gasteiger partial charge >= 0.3 is 0 Å². The Labute approximate surface area is 132 Å². The minimum atomic E-state index is -0.766. The normalized spacial score (nSPS) is 32.0. The van der Waals surface area contributed by atoms with Crippen LogP contribution in [-0.4, -0.2) is 62.7 Å². The molecule has 0 radical (unpaired) electrons. The Morgan fingerprint density at radius 3 is 2.68 bits per heavy atom. The number of unbranched alkanes of at least 4 members (excludes halogenated alkanes) is 2. The van der Waals surface area contributed by atoms with E-state index < -0.39 is 12.1 Å². The van der Waals surface area contributed by atoms with Crippen molar-refractivity contribution in [3.8, 4) is 0 Å². The molecule has 5 atom stereocenters. The molecule has 7 heteroatoms. The lowest BCUT2D eigenvalue weighted by Gasteiger charge is -2.42. The van der Waals surface area contributed by atoms with Gasteiger partial charge in [-0.3, -0.25) is 4.79 Å². The summed E-state index contributed by atoms with van der Waals surface area (Å²) in [7, 11) is 3.23. The first-order valence-corrected chi connectivity index (χ1v) is 8.03. The van der Waals surface area contributed by atoms with E-state index >= 15 is 0 Å². The molecule has 130 valence electrons. The third-order valence-electron chi connectivity index (χ3n) is 4.40. The Kier molecular flexibility index (Phi) is 8.89. The SMILES string of the molecule is CNC(=O)CCCCCOC1C(CN)CC(OC)C(N)C1O. The van der Waals surface area contributed by atoms with Gasteiger partial charge in [-0.25, -0.2) is 0 Å². The lowest BCUT2D eigenvalue weighted by molar-refractivity contribution is -0.131. The summed E-state index contributed by atoms with van der Waals surface area (Å²) in [4.78, 5) is 11.1. The Balaban J connectivity index is 2.32. The Bertz CT molecular complexity index is 328. The fraction of sp³-hybridized carbons (Fsp3) is 0.933. The smallest absolute Gasteiger partial charge is 0.219 e. The van der Waals surface area contributed by atoms with E-state index in [4.69, 9.17) is 20.9 Å². The molecule has 0 aliphatic heterocycles. The van der Waals surface area contributed by atoms with E-state index in [0.29, 0.717) is 26.0 Å². The second-order valence-electron chi connectivity index (χ2n) is 5.89. The van der Waals surface area contributed by atoms with Crippen LogP contribution in [0, 0.1) is 5.92 Å².